The van der Waals surface area contributed by atoms with E-state index in [4.69, 9.17) is 9.47 Å². The lowest BCUT2D eigenvalue weighted by Gasteiger charge is -2.47. The molecule has 3 rings (SSSR count). The Morgan fingerprint density at radius 3 is 2.44 bits per heavy atom. The Morgan fingerprint density at radius 1 is 1.15 bits per heavy atom. The van der Waals surface area contributed by atoms with Crippen LogP contribution in [0.25, 0.3) is 10.9 Å². The SMILES string of the molecule is CCC1(C(=O)O)CN(C(=O)OC(C)(C)C)CCN1CCn1c(=O)cc(C)c2ccc(OC)cc21. The van der Waals surface area contributed by atoms with Crippen molar-refractivity contribution >= 4 is 23.0 Å². The van der Waals surface area contributed by atoms with Gasteiger partial charge >= 0.3 is 12.1 Å². The number of carboxylic acids is 1. The Kier molecular flexibility index (Phi) is 7.26. The molecule has 0 aliphatic carbocycles. The van der Waals surface area contributed by atoms with Gasteiger partial charge in [0.2, 0.25) is 0 Å². The van der Waals surface area contributed by atoms with E-state index in [9.17, 15) is 19.5 Å². The average molecular weight is 474 g/mol. The van der Waals surface area contributed by atoms with Crippen LogP contribution in [-0.2, 0) is 16.1 Å². The molecule has 34 heavy (non-hydrogen) atoms. The number of carbonyl (C=O) groups is 2. The number of methoxy groups -OCH3 is 1. The summed E-state index contributed by atoms with van der Waals surface area (Å²) in [5, 5.41) is 11.2. The number of ether oxygens (including phenoxy) is 2. The fourth-order valence-electron chi connectivity index (χ4n) is 4.55. The first-order valence-electron chi connectivity index (χ1n) is 11.6. The van der Waals surface area contributed by atoms with Crippen molar-refractivity contribution in [3.05, 3.63) is 40.2 Å². The number of carboxylic acid groups (broad SMARTS) is 1. The number of aliphatic carboxylic acids is 1. The number of carbonyl (C=O) groups excluding carboxylic acids is 1. The fourth-order valence-corrected chi connectivity index (χ4v) is 4.55. The van der Waals surface area contributed by atoms with E-state index in [1.165, 1.54) is 4.90 Å². The molecule has 1 aromatic heterocycles. The first-order chi connectivity index (χ1) is 15.9. The minimum atomic E-state index is -1.27. The van der Waals surface area contributed by atoms with E-state index in [-0.39, 0.29) is 12.1 Å². The Morgan fingerprint density at radius 2 is 1.85 bits per heavy atom. The molecule has 1 unspecified atom stereocenters. The molecule has 0 saturated carbocycles. The van der Waals surface area contributed by atoms with Crippen molar-refractivity contribution in [1.29, 1.82) is 0 Å². The molecule has 1 fully saturated rings. The van der Waals surface area contributed by atoms with Crippen LogP contribution in [0.4, 0.5) is 4.79 Å². The van der Waals surface area contributed by atoms with Gasteiger partial charge in [-0.2, -0.15) is 0 Å². The van der Waals surface area contributed by atoms with Crippen molar-refractivity contribution in [2.24, 2.45) is 0 Å². The summed E-state index contributed by atoms with van der Waals surface area (Å²) in [6, 6.07) is 7.20. The zero-order valence-corrected chi connectivity index (χ0v) is 20.9. The van der Waals surface area contributed by atoms with Gasteiger partial charge in [0.1, 0.15) is 16.9 Å². The molecule has 0 spiro atoms. The highest BCUT2D eigenvalue weighted by atomic mass is 16.6. The zero-order chi connectivity index (χ0) is 25.3. The van der Waals surface area contributed by atoms with E-state index in [0.717, 1.165) is 16.5 Å². The molecule has 0 radical (unpaired) electrons. The van der Waals surface area contributed by atoms with Gasteiger partial charge in [-0.25, -0.2) is 4.79 Å². The Hall–Kier alpha value is -3.07. The summed E-state index contributed by atoms with van der Waals surface area (Å²) in [6.45, 7) is 10.4. The van der Waals surface area contributed by atoms with Crippen molar-refractivity contribution in [2.75, 3.05) is 33.3 Å². The topological polar surface area (TPSA) is 101 Å². The molecule has 1 saturated heterocycles. The summed E-state index contributed by atoms with van der Waals surface area (Å²) in [4.78, 5) is 41.4. The van der Waals surface area contributed by atoms with Gasteiger partial charge in [-0.15, -0.1) is 0 Å². The van der Waals surface area contributed by atoms with Crippen molar-refractivity contribution < 1.29 is 24.2 Å². The first-order valence-corrected chi connectivity index (χ1v) is 11.6. The molecule has 1 amide bonds. The fraction of sp³-hybridized carbons (Fsp3) is 0.560. The van der Waals surface area contributed by atoms with Gasteiger partial charge in [-0.1, -0.05) is 6.92 Å². The third kappa shape index (κ3) is 5.04. The van der Waals surface area contributed by atoms with Gasteiger partial charge in [0.05, 0.1) is 19.2 Å². The maximum atomic E-state index is 12.9. The zero-order valence-electron chi connectivity index (χ0n) is 20.9. The molecule has 9 nitrogen and oxygen atoms in total. The van der Waals surface area contributed by atoms with Crippen LogP contribution in [-0.4, -0.2) is 76.0 Å². The van der Waals surface area contributed by atoms with Crippen LogP contribution in [0.5, 0.6) is 5.75 Å². The van der Waals surface area contributed by atoms with Crippen LogP contribution in [0.15, 0.2) is 29.1 Å². The summed E-state index contributed by atoms with van der Waals surface area (Å²) in [7, 11) is 1.58. The maximum absolute atomic E-state index is 12.9. The average Bonchev–Trinajstić information content (AvgIpc) is 2.77. The van der Waals surface area contributed by atoms with Gasteiger partial charge < -0.3 is 24.0 Å². The summed E-state index contributed by atoms with van der Waals surface area (Å²) < 4.78 is 12.5. The van der Waals surface area contributed by atoms with Gasteiger partial charge in [0.25, 0.3) is 5.56 Å². The highest BCUT2D eigenvalue weighted by Crippen LogP contribution is 2.28. The minimum absolute atomic E-state index is 0.0190. The normalized spacial score (nSPS) is 19.3. The number of pyridine rings is 1. The predicted molar refractivity (Wildman–Crippen MR) is 130 cm³/mol. The molecule has 0 bridgehead atoms. The largest absolute Gasteiger partial charge is 0.497 e. The van der Waals surface area contributed by atoms with Crippen LogP contribution in [0.1, 0.15) is 39.7 Å². The lowest BCUT2D eigenvalue weighted by molar-refractivity contribution is -0.156. The number of benzene rings is 1. The molecular formula is C25H35N3O6. The summed E-state index contributed by atoms with van der Waals surface area (Å²) in [6.07, 6.45) is -0.210. The number of rotatable bonds is 6. The van der Waals surface area contributed by atoms with E-state index in [0.29, 0.717) is 38.3 Å². The molecule has 1 atom stereocenters. The molecule has 1 aliphatic heterocycles. The lowest BCUT2D eigenvalue weighted by Crippen LogP contribution is -2.67. The monoisotopic (exact) mass is 473 g/mol. The molecular weight excluding hydrogens is 438 g/mol. The Balaban J connectivity index is 1.89. The number of piperazine rings is 1. The first kappa shape index (κ1) is 25.6. The summed E-state index contributed by atoms with van der Waals surface area (Å²) in [5.74, 6) is -0.350. The van der Waals surface area contributed by atoms with Crippen LogP contribution < -0.4 is 10.3 Å². The van der Waals surface area contributed by atoms with Gasteiger partial charge in [0, 0.05) is 43.7 Å². The van der Waals surface area contributed by atoms with Crippen LogP contribution in [0, 0.1) is 6.92 Å². The molecule has 9 heteroatoms. The van der Waals surface area contributed by atoms with Crippen LogP contribution in [0.2, 0.25) is 0 Å². The second-order valence-electron chi connectivity index (χ2n) is 9.78. The Bertz CT molecular complexity index is 1140. The second kappa shape index (κ2) is 9.66. The number of hydrogen-bond acceptors (Lipinski definition) is 6. The molecule has 186 valence electrons. The van der Waals surface area contributed by atoms with E-state index >= 15 is 0 Å². The summed E-state index contributed by atoms with van der Waals surface area (Å²) in [5.41, 5.74) is -0.464. The molecule has 1 aromatic carbocycles. The van der Waals surface area contributed by atoms with Crippen LogP contribution in [0.3, 0.4) is 0 Å². The lowest BCUT2D eigenvalue weighted by atomic mass is 9.90. The van der Waals surface area contributed by atoms with Gasteiger partial charge in [-0.3, -0.25) is 14.5 Å². The number of fused-ring (bicyclic) bond motifs is 1. The standard InChI is InChI=1S/C25H35N3O6/c1-7-25(22(30)31)16-26(23(32)34-24(3,4)5)10-11-27(25)12-13-28-20-15-18(33-6)8-9-19(20)17(2)14-21(28)29/h8-9,14-15H,7,10-13,16H2,1-6H3,(H,30,31). The second-order valence-corrected chi connectivity index (χ2v) is 9.78. The number of hydrogen-bond donors (Lipinski definition) is 1. The van der Waals surface area contributed by atoms with Crippen molar-refractivity contribution in [2.45, 2.75) is 58.7 Å². The van der Waals surface area contributed by atoms with Crippen molar-refractivity contribution in [3.8, 4) is 5.75 Å². The third-order valence-corrected chi connectivity index (χ3v) is 6.45. The van der Waals surface area contributed by atoms with Gasteiger partial charge in [-0.05, 0) is 51.8 Å². The number of aromatic nitrogens is 1. The van der Waals surface area contributed by atoms with Crippen LogP contribution >= 0.6 is 0 Å². The number of aryl methyl sites for hydroxylation is 1. The van der Waals surface area contributed by atoms with E-state index < -0.39 is 23.2 Å². The molecule has 1 aliphatic rings. The van der Waals surface area contributed by atoms with Crippen molar-refractivity contribution in [3.63, 3.8) is 0 Å². The Labute approximate surface area is 199 Å². The summed E-state index contributed by atoms with van der Waals surface area (Å²) >= 11 is 0. The van der Waals surface area contributed by atoms with Crippen molar-refractivity contribution in [1.82, 2.24) is 14.4 Å². The van der Waals surface area contributed by atoms with E-state index in [2.05, 4.69) is 0 Å². The number of nitrogens with zero attached hydrogens (tertiary/aromatic N) is 3. The van der Waals surface area contributed by atoms with E-state index in [1.807, 2.05) is 30.0 Å². The predicted octanol–water partition coefficient (Wildman–Crippen LogP) is 3.10. The third-order valence-electron chi connectivity index (χ3n) is 6.45. The highest BCUT2D eigenvalue weighted by molar-refractivity contribution is 5.84. The molecule has 2 heterocycles. The van der Waals surface area contributed by atoms with Gasteiger partial charge in [0.15, 0.2) is 0 Å². The van der Waals surface area contributed by atoms with E-state index in [1.54, 1.807) is 45.4 Å². The smallest absolute Gasteiger partial charge is 0.410 e. The number of amides is 1. The maximum Gasteiger partial charge on any atom is 0.410 e. The molecule has 2 aromatic rings. The quantitative estimate of drug-likeness (QED) is 0.688. The molecule has 1 N–H and O–H groups in total. The minimum Gasteiger partial charge on any atom is -0.497 e. The highest BCUT2D eigenvalue weighted by Gasteiger charge is 2.48.